The monoisotopic (exact) mass is 365 g/mol. The third-order valence-corrected chi connectivity index (χ3v) is 4.88. The van der Waals surface area contributed by atoms with Crippen LogP contribution in [0.1, 0.15) is 31.4 Å². The van der Waals surface area contributed by atoms with Gasteiger partial charge in [0, 0.05) is 31.2 Å². The summed E-state index contributed by atoms with van der Waals surface area (Å²) in [4.78, 5) is 28.8. The normalized spacial score (nSPS) is 16.7. The van der Waals surface area contributed by atoms with E-state index in [2.05, 4.69) is 5.32 Å². The third-order valence-electron chi connectivity index (χ3n) is 4.88. The molecule has 1 atom stereocenters. The quantitative estimate of drug-likeness (QED) is 0.878. The molecule has 1 saturated heterocycles. The summed E-state index contributed by atoms with van der Waals surface area (Å²) in [6.45, 7) is 7.07. The van der Waals surface area contributed by atoms with Crippen LogP contribution in [0.2, 0.25) is 0 Å². The van der Waals surface area contributed by atoms with E-state index in [0.717, 1.165) is 16.8 Å². The van der Waals surface area contributed by atoms with Crippen molar-refractivity contribution in [1.29, 1.82) is 0 Å². The molecule has 1 heterocycles. The first-order valence-electron chi connectivity index (χ1n) is 9.42. The SMILES string of the molecule is Cc1ccc(N2C[C@H](NC(=O)N(Cc3ccccc3)C(C)C)CC2=O)cc1. The van der Waals surface area contributed by atoms with Crippen LogP contribution in [0.25, 0.3) is 0 Å². The number of carbonyl (C=O) groups excluding carboxylic acids is 2. The molecule has 3 rings (SSSR count). The van der Waals surface area contributed by atoms with Crippen molar-refractivity contribution in [2.75, 3.05) is 11.4 Å². The third kappa shape index (κ3) is 4.67. The van der Waals surface area contributed by atoms with Gasteiger partial charge in [-0.25, -0.2) is 4.79 Å². The predicted octanol–water partition coefficient (Wildman–Crippen LogP) is 3.72. The molecule has 1 N–H and O–H groups in total. The van der Waals surface area contributed by atoms with Crippen molar-refractivity contribution in [2.24, 2.45) is 0 Å². The lowest BCUT2D eigenvalue weighted by Gasteiger charge is -2.28. The first-order chi connectivity index (χ1) is 12.9. The fraction of sp³-hybridized carbons (Fsp3) is 0.364. The molecule has 0 aromatic heterocycles. The second-order valence-corrected chi connectivity index (χ2v) is 7.40. The Kier molecular flexibility index (Phi) is 5.79. The van der Waals surface area contributed by atoms with E-state index in [1.54, 1.807) is 9.80 Å². The van der Waals surface area contributed by atoms with Crippen LogP contribution in [-0.2, 0) is 11.3 Å². The fourth-order valence-electron chi connectivity index (χ4n) is 3.31. The number of carbonyl (C=O) groups is 2. The van der Waals surface area contributed by atoms with Gasteiger partial charge in [-0.2, -0.15) is 0 Å². The van der Waals surface area contributed by atoms with Gasteiger partial charge in [-0.1, -0.05) is 48.0 Å². The van der Waals surface area contributed by atoms with E-state index < -0.39 is 0 Å². The van der Waals surface area contributed by atoms with Gasteiger partial charge in [0.15, 0.2) is 0 Å². The molecule has 5 nitrogen and oxygen atoms in total. The van der Waals surface area contributed by atoms with Gasteiger partial charge in [0.25, 0.3) is 0 Å². The van der Waals surface area contributed by atoms with Crippen LogP contribution in [0.5, 0.6) is 0 Å². The van der Waals surface area contributed by atoms with Gasteiger partial charge in [0.05, 0.1) is 6.04 Å². The van der Waals surface area contributed by atoms with Crippen molar-refractivity contribution in [3.05, 3.63) is 65.7 Å². The molecule has 0 saturated carbocycles. The maximum atomic E-state index is 12.8. The summed E-state index contributed by atoms with van der Waals surface area (Å²) < 4.78 is 0. The highest BCUT2D eigenvalue weighted by molar-refractivity contribution is 5.96. The van der Waals surface area contributed by atoms with E-state index in [1.807, 2.05) is 75.4 Å². The highest BCUT2D eigenvalue weighted by Gasteiger charge is 2.32. The molecule has 3 amide bonds. The number of nitrogens with zero attached hydrogens (tertiary/aromatic N) is 2. The van der Waals surface area contributed by atoms with Gasteiger partial charge in [0.2, 0.25) is 5.91 Å². The Morgan fingerprint density at radius 1 is 1.15 bits per heavy atom. The van der Waals surface area contributed by atoms with Crippen molar-refractivity contribution in [3.63, 3.8) is 0 Å². The standard InChI is InChI=1S/C22H27N3O2/c1-16(2)24(14-18-7-5-4-6-8-18)22(27)23-19-13-21(26)25(15-19)20-11-9-17(3)10-12-20/h4-12,16,19H,13-15H2,1-3H3,(H,23,27)/t19-/m1/s1. The Bertz CT molecular complexity index is 787. The average molecular weight is 365 g/mol. The summed E-state index contributed by atoms with van der Waals surface area (Å²) in [5, 5.41) is 3.05. The van der Waals surface area contributed by atoms with Crippen molar-refractivity contribution in [3.8, 4) is 0 Å². The summed E-state index contributed by atoms with van der Waals surface area (Å²) >= 11 is 0. The summed E-state index contributed by atoms with van der Waals surface area (Å²) in [6.07, 6.45) is 0.330. The van der Waals surface area contributed by atoms with Crippen molar-refractivity contribution < 1.29 is 9.59 Å². The van der Waals surface area contributed by atoms with Crippen LogP contribution in [-0.4, -0.2) is 35.5 Å². The molecule has 27 heavy (non-hydrogen) atoms. The van der Waals surface area contributed by atoms with E-state index >= 15 is 0 Å². The number of rotatable bonds is 5. The predicted molar refractivity (Wildman–Crippen MR) is 108 cm³/mol. The molecule has 0 aliphatic carbocycles. The van der Waals surface area contributed by atoms with Crippen molar-refractivity contribution >= 4 is 17.6 Å². The number of hydrogen-bond acceptors (Lipinski definition) is 2. The van der Waals surface area contributed by atoms with Crippen molar-refractivity contribution in [1.82, 2.24) is 10.2 Å². The second kappa shape index (κ2) is 8.25. The van der Waals surface area contributed by atoms with Gasteiger partial charge >= 0.3 is 6.03 Å². The Morgan fingerprint density at radius 2 is 1.81 bits per heavy atom. The van der Waals surface area contributed by atoms with Gasteiger partial charge in [0.1, 0.15) is 0 Å². The molecule has 0 spiro atoms. The van der Waals surface area contributed by atoms with Crippen LogP contribution in [0.15, 0.2) is 54.6 Å². The summed E-state index contributed by atoms with van der Waals surface area (Å²) in [5.41, 5.74) is 3.13. The van der Waals surface area contributed by atoms with Crippen LogP contribution < -0.4 is 10.2 Å². The second-order valence-electron chi connectivity index (χ2n) is 7.40. The zero-order valence-electron chi connectivity index (χ0n) is 16.2. The molecule has 5 heteroatoms. The maximum Gasteiger partial charge on any atom is 0.318 e. The molecule has 1 fully saturated rings. The number of anilines is 1. The summed E-state index contributed by atoms with van der Waals surface area (Å²) in [6, 6.07) is 17.6. The molecule has 0 radical (unpaired) electrons. The average Bonchev–Trinajstić information content (AvgIpc) is 3.01. The molecule has 2 aromatic carbocycles. The topological polar surface area (TPSA) is 52.7 Å². The summed E-state index contributed by atoms with van der Waals surface area (Å²) in [5.74, 6) is 0.0447. The van der Waals surface area contributed by atoms with Gasteiger partial charge in [-0.15, -0.1) is 0 Å². The van der Waals surface area contributed by atoms with Gasteiger partial charge in [-0.3, -0.25) is 4.79 Å². The molecule has 1 aliphatic heterocycles. The van der Waals surface area contributed by atoms with Gasteiger partial charge in [-0.05, 0) is 38.5 Å². The molecular formula is C22H27N3O2. The first kappa shape index (κ1) is 19.0. The molecular weight excluding hydrogens is 338 g/mol. The number of nitrogens with one attached hydrogen (secondary N) is 1. The number of benzene rings is 2. The smallest absolute Gasteiger partial charge is 0.318 e. The van der Waals surface area contributed by atoms with Crippen LogP contribution in [0.4, 0.5) is 10.5 Å². The van der Waals surface area contributed by atoms with E-state index in [4.69, 9.17) is 0 Å². The zero-order valence-corrected chi connectivity index (χ0v) is 16.2. The minimum absolute atomic E-state index is 0.0447. The number of hydrogen-bond donors (Lipinski definition) is 1. The van der Waals surface area contributed by atoms with Crippen LogP contribution in [0.3, 0.4) is 0 Å². The lowest BCUT2D eigenvalue weighted by molar-refractivity contribution is -0.117. The van der Waals surface area contributed by atoms with Crippen molar-refractivity contribution in [2.45, 2.75) is 45.8 Å². The molecule has 1 aliphatic rings. The lowest BCUT2D eigenvalue weighted by atomic mass is 10.2. The lowest BCUT2D eigenvalue weighted by Crippen LogP contribution is -2.48. The molecule has 142 valence electrons. The zero-order chi connectivity index (χ0) is 19.4. The largest absolute Gasteiger partial charge is 0.333 e. The highest BCUT2D eigenvalue weighted by Crippen LogP contribution is 2.22. The highest BCUT2D eigenvalue weighted by atomic mass is 16.2. The first-order valence-corrected chi connectivity index (χ1v) is 9.42. The summed E-state index contributed by atoms with van der Waals surface area (Å²) in [7, 11) is 0. The number of aryl methyl sites for hydroxylation is 1. The Hall–Kier alpha value is -2.82. The number of urea groups is 1. The van der Waals surface area contributed by atoms with E-state index in [-0.39, 0.29) is 24.0 Å². The molecule has 0 bridgehead atoms. The number of amides is 3. The minimum atomic E-state index is -0.177. The van der Waals surface area contributed by atoms with E-state index in [9.17, 15) is 9.59 Å². The fourth-order valence-corrected chi connectivity index (χ4v) is 3.31. The molecule has 2 aromatic rings. The minimum Gasteiger partial charge on any atom is -0.333 e. The van der Waals surface area contributed by atoms with Crippen LogP contribution in [0, 0.1) is 6.92 Å². The van der Waals surface area contributed by atoms with Crippen LogP contribution >= 0.6 is 0 Å². The Labute approximate surface area is 161 Å². The van der Waals surface area contributed by atoms with Gasteiger partial charge < -0.3 is 15.1 Å². The molecule has 0 unspecified atom stereocenters. The Morgan fingerprint density at radius 3 is 2.44 bits per heavy atom. The van der Waals surface area contributed by atoms with E-state index in [1.165, 1.54) is 0 Å². The van der Waals surface area contributed by atoms with E-state index in [0.29, 0.717) is 19.5 Å². The Balaban J connectivity index is 1.64. The maximum absolute atomic E-state index is 12.8.